The quantitative estimate of drug-likeness (QED) is 0.857. The van der Waals surface area contributed by atoms with Crippen molar-refractivity contribution in [3.8, 4) is 0 Å². The first-order valence-corrected chi connectivity index (χ1v) is 5.88. The molecule has 5 nitrogen and oxygen atoms in total. The Balaban J connectivity index is 0. The van der Waals surface area contributed by atoms with Crippen molar-refractivity contribution in [2.45, 2.75) is 33.2 Å². The summed E-state index contributed by atoms with van der Waals surface area (Å²) in [6.45, 7) is 6.60. The monoisotopic (exact) mass is 310 g/mol. The number of nitrogens with one attached hydrogen (secondary N) is 2. The van der Waals surface area contributed by atoms with Gasteiger partial charge >= 0.3 is 0 Å². The molecular formula is C12H24Cl2N4O. The maximum atomic E-state index is 11.8. The SMILES string of the molecule is CNC(C)CNC(=O)Cc1c(C)nn(C)c1C.Cl.Cl. The summed E-state index contributed by atoms with van der Waals surface area (Å²) in [5, 5.41) is 10.3. The molecular weight excluding hydrogens is 287 g/mol. The lowest BCUT2D eigenvalue weighted by molar-refractivity contribution is -0.120. The Morgan fingerprint density at radius 3 is 2.37 bits per heavy atom. The van der Waals surface area contributed by atoms with Crippen LogP contribution in [0.4, 0.5) is 0 Å². The summed E-state index contributed by atoms with van der Waals surface area (Å²) in [4.78, 5) is 11.8. The number of carbonyl (C=O) groups is 1. The fourth-order valence-corrected chi connectivity index (χ4v) is 1.67. The van der Waals surface area contributed by atoms with Gasteiger partial charge in [0.2, 0.25) is 5.91 Å². The van der Waals surface area contributed by atoms with Gasteiger partial charge in [0.25, 0.3) is 0 Å². The maximum Gasteiger partial charge on any atom is 0.224 e. The lowest BCUT2D eigenvalue weighted by Crippen LogP contribution is -2.37. The van der Waals surface area contributed by atoms with Crippen molar-refractivity contribution in [1.82, 2.24) is 20.4 Å². The van der Waals surface area contributed by atoms with Crippen LogP contribution in [0, 0.1) is 13.8 Å². The smallest absolute Gasteiger partial charge is 0.224 e. The van der Waals surface area contributed by atoms with Crippen LogP contribution in [0.15, 0.2) is 0 Å². The highest BCUT2D eigenvalue weighted by Crippen LogP contribution is 2.12. The number of amides is 1. The summed E-state index contributed by atoms with van der Waals surface area (Å²) in [7, 11) is 3.78. The Morgan fingerprint density at radius 2 is 1.95 bits per heavy atom. The van der Waals surface area contributed by atoms with Crippen LogP contribution in [0.3, 0.4) is 0 Å². The number of halogens is 2. The molecule has 0 saturated carbocycles. The second kappa shape index (κ2) is 9.18. The first kappa shape index (κ1) is 20.5. The topological polar surface area (TPSA) is 58.9 Å². The zero-order valence-electron chi connectivity index (χ0n) is 12.1. The van der Waals surface area contributed by atoms with Crippen molar-refractivity contribution in [2.24, 2.45) is 7.05 Å². The molecule has 1 aromatic heterocycles. The normalized spacial score (nSPS) is 11.2. The van der Waals surface area contributed by atoms with Crippen molar-refractivity contribution in [3.05, 3.63) is 17.0 Å². The van der Waals surface area contributed by atoms with Crippen LogP contribution in [-0.2, 0) is 18.3 Å². The molecule has 0 saturated heterocycles. The second-order valence-corrected chi connectivity index (χ2v) is 4.44. The van der Waals surface area contributed by atoms with Gasteiger partial charge in [-0.15, -0.1) is 24.8 Å². The van der Waals surface area contributed by atoms with Gasteiger partial charge < -0.3 is 10.6 Å². The van der Waals surface area contributed by atoms with Crippen LogP contribution in [0.2, 0.25) is 0 Å². The zero-order chi connectivity index (χ0) is 13.0. The van der Waals surface area contributed by atoms with Crippen molar-refractivity contribution >= 4 is 30.7 Å². The van der Waals surface area contributed by atoms with Gasteiger partial charge in [-0.1, -0.05) is 0 Å². The van der Waals surface area contributed by atoms with Crippen molar-refractivity contribution in [2.75, 3.05) is 13.6 Å². The Morgan fingerprint density at radius 1 is 1.37 bits per heavy atom. The molecule has 1 amide bonds. The number of hydrogen-bond donors (Lipinski definition) is 2. The number of hydrogen-bond acceptors (Lipinski definition) is 3. The molecule has 0 spiro atoms. The largest absolute Gasteiger partial charge is 0.354 e. The summed E-state index contributed by atoms with van der Waals surface area (Å²) in [6, 6.07) is 0.287. The van der Waals surface area contributed by atoms with E-state index in [-0.39, 0.29) is 36.8 Å². The third kappa shape index (κ3) is 5.80. The van der Waals surface area contributed by atoms with Crippen LogP contribution in [0.1, 0.15) is 23.9 Å². The van der Waals surface area contributed by atoms with Crippen LogP contribution < -0.4 is 10.6 Å². The molecule has 19 heavy (non-hydrogen) atoms. The molecule has 1 aromatic rings. The summed E-state index contributed by atoms with van der Waals surface area (Å²) in [6.07, 6.45) is 0.405. The van der Waals surface area contributed by atoms with E-state index in [9.17, 15) is 4.79 Å². The first-order valence-electron chi connectivity index (χ1n) is 5.88. The zero-order valence-corrected chi connectivity index (χ0v) is 13.7. The van der Waals surface area contributed by atoms with Crippen LogP contribution in [0.5, 0.6) is 0 Å². The molecule has 2 N–H and O–H groups in total. The van der Waals surface area contributed by atoms with E-state index in [1.165, 1.54) is 0 Å². The van der Waals surface area contributed by atoms with Crippen LogP contribution >= 0.6 is 24.8 Å². The second-order valence-electron chi connectivity index (χ2n) is 4.44. The molecule has 0 aliphatic heterocycles. The lowest BCUT2D eigenvalue weighted by Gasteiger charge is -2.11. The lowest BCUT2D eigenvalue weighted by atomic mass is 10.1. The number of aryl methyl sites for hydroxylation is 2. The fraction of sp³-hybridized carbons (Fsp3) is 0.667. The van der Waals surface area contributed by atoms with E-state index in [0.717, 1.165) is 17.0 Å². The van der Waals surface area contributed by atoms with E-state index >= 15 is 0 Å². The Hall–Kier alpha value is -0.780. The predicted molar refractivity (Wildman–Crippen MR) is 82.4 cm³/mol. The Labute approximate surface area is 127 Å². The van der Waals surface area contributed by atoms with E-state index in [4.69, 9.17) is 0 Å². The van der Waals surface area contributed by atoms with E-state index in [2.05, 4.69) is 15.7 Å². The highest BCUT2D eigenvalue weighted by atomic mass is 35.5. The molecule has 112 valence electrons. The van der Waals surface area contributed by atoms with Gasteiger partial charge in [0.15, 0.2) is 0 Å². The van der Waals surface area contributed by atoms with Crippen LogP contribution in [0.25, 0.3) is 0 Å². The number of carbonyl (C=O) groups excluding carboxylic acids is 1. The summed E-state index contributed by atoms with van der Waals surface area (Å²) in [5.74, 6) is 0.0475. The summed E-state index contributed by atoms with van der Waals surface area (Å²) < 4.78 is 1.81. The molecule has 0 radical (unpaired) electrons. The minimum absolute atomic E-state index is 0. The standard InChI is InChI=1S/C12H22N4O.2ClH/c1-8(13-4)7-14-12(17)6-11-9(2)15-16(5)10(11)3;;/h8,13H,6-7H2,1-5H3,(H,14,17);2*1H. The Bertz CT molecular complexity index is 407. The van der Waals surface area contributed by atoms with E-state index in [1.54, 1.807) is 0 Å². The molecule has 0 fully saturated rings. The minimum atomic E-state index is 0. The summed E-state index contributed by atoms with van der Waals surface area (Å²) in [5.41, 5.74) is 3.02. The minimum Gasteiger partial charge on any atom is -0.354 e. The molecule has 7 heteroatoms. The number of aromatic nitrogens is 2. The molecule has 1 atom stereocenters. The van der Waals surface area contributed by atoms with Gasteiger partial charge in [0.1, 0.15) is 0 Å². The highest BCUT2D eigenvalue weighted by molar-refractivity contribution is 5.85. The average Bonchev–Trinajstić information content (AvgIpc) is 2.53. The Kier molecular flexibility index (Phi) is 9.92. The van der Waals surface area contributed by atoms with E-state index in [0.29, 0.717) is 13.0 Å². The molecule has 1 heterocycles. The number of rotatable bonds is 5. The maximum absolute atomic E-state index is 11.8. The molecule has 0 bridgehead atoms. The molecule has 0 aliphatic carbocycles. The highest BCUT2D eigenvalue weighted by Gasteiger charge is 2.13. The van der Waals surface area contributed by atoms with Crippen molar-refractivity contribution < 1.29 is 4.79 Å². The van der Waals surface area contributed by atoms with Gasteiger partial charge in [0, 0.05) is 30.9 Å². The van der Waals surface area contributed by atoms with E-state index in [1.807, 2.05) is 39.5 Å². The first-order chi connectivity index (χ1) is 7.95. The third-order valence-electron chi connectivity index (χ3n) is 3.09. The number of likely N-dealkylation sites (N-methyl/N-ethyl adjacent to an activating group) is 1. The molecule has 1 rings (SSSR count). The average molecular weight is 311 g/mol. The predicted octanol–water partition coefficient (Wildman–Crippen LogP) is 1.15. The van der Waals surface area contributed by atoms with Gasteiger partial charge in [0.05, 0.1) is 12.1 Å². The summed E-state index contributed by atoms with van der Waals surface area (Å²) >= 11 is 0. The van der Waals surface area contributed by atoms with Gasteiger partial charge in [-0.25, -0.2) is 0 Å². The van der Waals surface area contributed by atoms with Gasteiger partial charge in [-0.2, -0.15) is 5.10 Å². The fourth-order valence-electron chi connectivity index (χ4n) is 1.67. The third-order valence-corrected chi connectivity index (χ3v) is 3.09. The van der Waals surface area contributed by atoms with Gasteiger partial charge in [-0.05, 0) is 27.8 Å². The molecule has 1 unspecified atom stereocenters. The molecule has 0 aromatic carbocycles. The van der Waals surface area contributed by atoms with E-state index < -0.39 is 0 Å². The van der Waals surface area contributed by atoms with Crippen molar-refractivity contribution in [3.63, 3.8) is 0 Å². The number of nitrogens with zero attached hydrogens (tertiary/aromatic N) is 2. The van der Waals surface area contributed by atoms with Crippen molar-refractivity contribution in [1.29, 1.82) is 0 Å². The van der Waals surface area contributed by atoms with Gasteiger partial charge in [-0.3, -0.25) is 9.48 Å². The molecule has 0 aliphatic rings. The van der Waals surface area contributed by atoms with Crippen LogP contribution in [-0.4, -0.2) is 35.3 Å².